The lowest BCUT2D eigenvalue weighted by Gasteiger charge is -2.46. The zero-order valence-corrected chi connectivity index (χ0v) is 19.1. The molecule has 14 heteroatoms. The summed E-state index contributed by atoms with van der Waals surface area (Å²) in [5, 5.41) is 7.12. The van der Waals surface area contributed by atoms with Crippen molar-refractivity contribution < 1.29 is 36.3 Å². The fraction of sp³-hybridized carbons (Fsp3) is 0.684. The maximum Gasteiger partial charge on any atom is 0.490 e. The van der Waals surface area contributed by atoms with Crippen molar-refractivity contribution in [3.8, 4) is 0 Å². The molecule has 33 heavy (non-hydrogen) atoms. The van der Waals surface area contributed by atoms with Crippen LogP contribution in [0.5, 0.6) is 0 Å². The molecule has 0 radical (unpaired) electrons. The number of carboxylic acids is 1. The molecule has 3 aliphatic rings. The van der Waals surface area contributed by atoms with Crippen molar-refractivity contribution in [2.75, 3.05) is 50.9 Å². The van der Waals surface area contributed by atoms with Gasteiger partial charge in [-0.3, -0.25) is 4.79 Å². The Bertz CT molecular complexity index is 999. The van der Waals surface area contributed by atoms with Gasteiger partial charge in [-0.05, 0) is 25.3 Å². The predicted molar refractivity (Wildman–Crippen MR) is 111 cm³/mol. The molecule has 0 aliphatic carbocycles. The first-order chi connectivity index (χ1) is 15.2. The zero-order chi connectivity index (χ0) is 24.7. The maximum atomic E-state index is 13.2. The number of fused-ring (bicyclic) bond motifs is 1. The van der Waals surface area contributed by atoms with Crippen LogP contribution in [0.3, 0.4) is 0 Å². The Morgan fingerprint density at radius 1 is 1.09 bits per heavy atom. The van der Waals surface area contributed by atoms with Gasteiger partial charge in [0.05, 0.1) is 11.7 Å². The molecule has 1 N–H and O–H groups in total. The van der Waals surface area contributed by atoms with Gasteiger partial charge in [0, 0.05) is 57.6 Å². The molecular formula is C19H26F3N5O5S. The van der Waals surface area contributed by atoms with E-state index in [2.05, 4.69) is 14.9 Å². The molecule has 3 aliphatic heterocycles. The smallest absolute Gasteiger partial charge is 0.475 e. The third-order valence-electron chi connectivity index (χ3n) is 6.83. The molecule has 3 saturated heterocycles. The first-order valence-electron chi connectivity index (χ1n) is 10.2. The van der Waals surface area contributed by atoms with Gasteiger partial charge in [-0.15, -0.1) is 0 Å². The van der Waals surface area contributed by atoms with Gasteiger partial charge in [-0.1, -0.05) is 0 Å². The number of sulfonamides is 1. The average Bonchev–Trinajstić information content (AvgIpc) is 3.21. The highest BCUT2D eigenvalue weighted by molar-refractivity contribution is 7.88. The summed E-state index contributed by atoms with van der Waals surface area (Å²) in [7, 11) is -1.34. The van der Waals surface area contributed by atoms with Crippen LogP contribution < -0.4 is 4.90 Å². The second kappa shape index (κ2) is 8.70. The Hall–Kier alpha value is -2.48. The van der Waals surface area contributed by atoms with Gasteiger partial charge in [-0.25, -0.2) is 27.5 Å². The summed E-state index contributed by atoms with van der Waals surface area (Å²) < 4.78 is 57.1. The molecule has 1 atom stereocenters. The molecule has 1 aromatic rings. The first-order valence-corrected chi connectivity index (χ1v) is 12.1. The Kier molecular flexibility index (Phi) is 6.63. The van der Waals surface area contributed by atoms with E-state index in [-0.39, 0.29) is 11.3 Å². The molecule has 3 fully saturated rings. The minimum absolute atomic E-state index is 0.184. The van der Waals surface area contributed by atoms with Gasteiger partial charge in [-0.2, -0.15) is 13.2 Å². The van der Waals surface area contributed by atoms with Gasteiger partial charge in [0.25, 0.3) is 0 Å². The largest absolute Gasteiger partial charge is 0.490 e. The topological polar surface area (TPSA) is 124 Å². The molecule has 10 nitrogen and oxygen atoms in total. The van der Waals surface area contributed by atoms with Crippen molar-refractivity contribution >= 4 is 27.8 Å². The number of nitrogens with zero attached hydrogens (tertiary/aromatic N) is 5. The van der Waals surface area contributed by atoms with E-state index in [1.165, 1.54) is 10.6 Å². The summed E-state index contributed by atoms with van der Waals surface area (Å²) in [6, 6.07) is 1.78. The van der Waals surface area contributed by atoms with Crippen molar-refractivity contribution in [1.29, 1.82) is 0 Å². The van der Waals surface area contributed by atoms with E-state index >= 15 is 0 Å². The molecule has 184 valence electrons. The van der Waals surface area contributed by atoms with Gasteiger partial charge in [0.1, 0.15) is 0 Å². The molecule has 4 heterocycles. The minimum Gasteiger partial charge on any atom is -0.475 e. The Labute approximate surface area is 189 Å². The van der Waals surface area contributed by atoms with Crippen LogP contribution in [0.2, 0.25) is 0 Å². The first kappa shape index (κ1) is 25.1. The van der Waals surface area contributed by atoms with Crippen LogP contribution in [0.4, 0.5) is 19.1 Å². The van der Waals surface area contributed by atoms with Gasteiger partial charge in [0.15, 0.2) is 0 Å². The quantitative estimate of drug-likeness (QED) is 0.642. The Morgan fingerprint density at radius 2 is 1.64 bits per heavy atom. The van der Waals surface area contributed by atoms with Crippen molar-refractivity contribution in [3.05, 3.63) is 18.5 Å². The van der Waals surface area contributed by atoms with Gasteiger partial charge >= 0.3 is 12.1 Å². The highest BCUT2D eigenvalue weighted by atomic mass is 32.2. The number of rotatable bonds is 2. The maximum absolute atomic E-state index is 13.2. The number of aromatic nitrogens is 2. The van der Waals surface area contributed by atoms with Crippen LogP contribution in [-0.4, -0.2) is 96.8 Å². The number of hydrogen-bond donors (Lipinski definition) is 1. The zero-order valence-electron chi connectivity index (χ0n) is 18.2. The van der Waals surface area contributed by atoms with E-state index in [1.807, 2.05) is 11.9 Å². The van der Waals surface area contributed by atoms with E-state index in [9.17, 15) is 26.4 Å². The predicted octanol–water partition coefficient (Wildman–Crippen LogP) is 0.820. The third-order valence-corrected chi connectivity index (χ3v) is 8.13. The van der Waals surface area contributed by atoms with Crippen LogP contribution in [0, 0.1) is 10.8 Å². The highest BCUT2D eigenvalue weighted by Crippen LogP contribution is 2.58. The van der Waals surface area contributed by atoms with E-state index in [0.29, 0.717) is 45.0 Å². The van der Waals surface area contributed by atoms with Gasteiger partial charge < -0.3 is 14.9 Å². The van der Waals surface area contributed by atoms with E-state index in [0.717, 1.165) is 13.0 Å². The van der Waals surface area contributed by atoms with Crippen LogP contribution in [0.25, 0.3) is 0 Å². The lowest BCUT2D eigenvalue weighted by Crippen LogP contribution is -2.53. The molecule has 1 unspecified atom stereocenters. The second-order valence-corrected chi connectivity index (χ2v) is 10.7. The van der Waals surface area contributed by atoms with Crippen molar-refractivity contribution in [1.82, 2.24) is 19.2 Å². The molecule has 0 bridgehead atoms. The molecule has 0 aromatic carbocycles. The number of anilines is 1. The van der Waals surface area contributed by atoms with Crippen LogP contribution in [0.1, 0.15) is 19.3 Å². The number of carboxylic acid groups (broad SMARTS) is 1. The number of amides is 1. The summed E-state index contributed by atoms with van der Waals surface area (Å²) in [4.78, 5) is 34.8. The lowest BCUT2D eigenvalue weighted by atomic mass is 9.60. The lowest BCUT2D eigenvalue weighted by molar-refractivity contribution is -0.192. The Morgan fingerprint density at radius 3 is 2.06 bits per heavy atom. The summed E-state index contributed by atoms with van der Waals surface area (Å²) in [6.45, 7) is 3.01. The molecular weight excluding hydrogens is 467 g/mol. The number of halogens is 3. The van der Waals surface area contributed by atoms with Crippen LogP contribution >= 0.6 is 0 Å². The second-order valence-electron chi connectivity index (χ2n) is 8.71. The molecule has 1 amide bonds. The summed E-state index contributed by atoms with van der Waals surface area (Å²) in [5.41, 5.74) is -0.695. The number of carbonyl (C=O) groups is 2. The summed E-state index contributed by atoms with van der Waals surface area (Å²) >= 11 is 0. The number of likely N-dealkylation sites (tertiary alicyclic amines) is 1. The van der Waals surface area contributed by atoms with Crippen molar-refractivity contribution in [3.63, 3.8) is 0 Å². The van der Waals surface area contributed by atoms with E-state index in [1.54, 1.807) is 18.5 Å². The van der Waals surface area contributed by atoms with Crippen molar-refractivity contribution in [2.24, 2.45) is 10.8 Å². The SMILES string of the molecule is CN1CCC2(CN(c3ncccn3)CC23CCN(S(C)(=O)=O)CC3)C1=O.O=C(O)C(F)(F)F. The fourth-order valence-electron chi connectivity index (χ4n) is 5.12. The fourth-order valence-corrected chi connectivity index (χ4v) is 5.96. The number of aliphatic carboxylic acids is 1. The highest BCUT2D eigenvalue weighted by Gasteiger charge is 2.65. The average molecular weight is 494 g/mol. The molecule has 4 rings (SSSR count). The third kappa shape index (κ3) is 4.76. The van der Waals surface area contributed by atoms with Crippen molar-refractivity contribution in [2.45, 2.75) is 25.4 Å². The molecule has 1 aromatic heterocycles. The van der Waals surface area contributed by atoms with E-state index < -0.39 is 27.6 Å². The monoisotopic (exact) mass is 493 g/mol. The number of piperidine rings is 1. The van der Waals surface area contributed by atoms with Gasteiger partial charge in [0.2, 0.25) is 21.9 Å². The minimum atomic E-state index is -5.08. The Balaban J connectivity index is 0.000000383. The molecule has 0 saturated carbocycles. The number of hydrogen-bond acceptors (Lipinski definition) is 7. The standard InChI is InChI=1S/C17H25N5O3S.C2HF3O2/c1-20-9-6-17(14(20)23)13-21(15-18-7-3-8-19-15)12-16(17)4-10-22(11-5-16)26(2,24)25;3-2(4,5)1(6)7/h3,7-8H,4-6,9-13H2,1-2H3;(H,6,7). The summed E-state index contributed by atoms with van der Waals surface area (Å²) in [6.07, 6.45) is 1.81. The van der Waals surface area contributed by atoms with Crippen LogP contribution in [-0.2, 0) is 19.6 Å². The number of alkyl halides is 3. The normalized spacial score (nSPS) is 25.4. The summed E-state index contributed by atoms with van der Waals surface area (Å²) in [5.74, 6) is -1.92. The van der Waals surface area contributed by atoms with E-state index in [4.69, 9.17) is 9.90 Å². The number of carbonyl (C=O) groups excluding carboxylic acids is 1. The molecule has 2 spiro atoms. The van der Waals surface area contributed by atoms with Crippen LogP contribution in [0.15, 0.2) is 18.5 Å².